The maximum atomic E-state index is 12.7. The van der Waals surface area contributed by atoms with Crippen LogP contribution in [0, 0.1) is 5.92 Å². The van der Waals surface area contributed by atoms with Crippen LogP contribution in [-0.2, 0) is 4.79 Å². The second-order valence-corrected chi connectivity index (χ2v) is 9.52. The quantitative estimate of drug-likeness (QED) is 0.524. The molecule has 172 valence electrons. The Balaban J connectivity index is 1.50. The fraction of sp³-hybridized carbons (Fsp3) is 0.913. The molecule has 7 nitrogen and oxygen atoms in total. The Kier molecular flexibility index (Phi) is 8.81. The molecule has 0 bridgehead atoms. The van der Waals surface area contributed by atoms with Gasteiger partial charge in [-0.1, -0.05) is 0 Å². The van der Waals surface area contributed by atoms with Crippen molar-refractivity contribution < 1.29 is 4.79 Å². The zero-order valence-electron chi connectivity index (χ0n) is 19.8. The van der Waals surface area contributed by atoms with Crippen molar-refractivity contribution in [3.05, 3.63) is 0 Å². The Morgan fingerprint density at radius 1 is 0.933 bits per heavy atom. The van der Waals surface area contributed by atoms with E-state index in [-0.39, 0.29) is 6.04 Å². The summed E-state index contributed by atoms with van der Waals surface area (Å²) in [6.07, 6.45) is 4.89. The molecule has 2 atom stereocenters. The summed E-state index contributed by atoms with van der Waals surface area (Å²) in [5.74, 6) is 2.03. The number of aliphatic imine (C=N–C) groups is 1. The van der Waals surface area contributed by atoms with Crippen LogP contribution in [0.1, 0.15) is 53.4 Å². The first-order valence-electron chi connectivity index (χ1n) is 12.3. The van der Waals surface area contributed by atoms with Crippen molar-refractivity contribution in [3.63, 3.8) is 0 Å². The van der Waals surface area contributed by atoms with Gasteiger partial charge in [-0.25, -0.2) is 0 Å². The van der Waals surface area contributed by atoms with Crippen molar-refractivity contribution >= 4 is 11.9 Å². The smallest absolute Gasteiger partial charge is 0.239 e. The summed E-state index contributed by atoms with van der Waals surface area (Å²) in [5.41, 5.74) is 0. The first-order chi connectivity index (χ1) is 14.5. The highest BCUT2D eigenvalue weighted by Gasteiger charge is 2.30. The molecule has 0 aliphatic carbocycles. The molecule has 0 aromatic rings. The van der Waals surface area contributed by atoms with Crippen LogP contribution in [-0.4, -0.2) is 109 Å². The van der Waals surface area contributed by atoms with Gasteiger partial charge < -0.3 is 20.0 Å². The van der Waals surface area contributed by atoms with Crippen molar-refractivity contribution in [2.24, 2.45) is 10.9 Å². The molecule has 3 aliphatic rings. The van der Waals surface area contributed by atoms with Crippen LogP contribution in [0.25, 0.3) is 0 Å². The van der Waals surface area contributed by atoms with Crippen LogP contribution in [0.5, 0.6) is 0 Å². The molecule has 3 heterocycles. The second-order valence-electron chi connectivity index (χ2n) is 9.52. The summed E-state index contributed by atoms with van der Waals surface area (Å²) in [6, 6.07) is 0.623. The number of piperidine rings is 1. The molecule has 1 amide bonds. The SMILES string of the molecule is CCNC(=NCC1CCCN(C(C)C)C1)N1CCN(C(C)C(=O)N2CCCC2)CC1. The summed E-state index contributed by atoms with van der Waals surface area (Å²) < 4.78 is 0. The predicted molar refractivity (Wildman–Crippen MR) is 124 cm³/mol. The monoisotopic (exact) mass is 420 g/mol. The Bertz CT molecular complexity index is 566. The molecule has 0 saturated carbocycles. The summed E-state index contributed by atoms with van der Waals surface area (Å²) in [5, 5.41) is 3.51. The van der Waals surface area contributed by atoms with E-state index in [1.54, 1.807) is 0 Å². The van der Waals surface area contributed by atoms with Crippen LogP contribution in [0.15, 0.2) is 4.99 Å². The minimum atomic E-state index is -0.00553. The molecule has 0 aromatic heterocycles. The van der Waals surface area contributed by atoms with Gasteiger partial charge in [-0.15, -0.1) is 0 Å². The van der Waals surface area contributed by atoms with Crippen molar-refractivity contribution in [2.75, 3.05) is 65.4 Å². The number of hydrogen-bond acceptors (Lipinski definition) is 4. The summed E-state index contributed by atoms with van der Waals surface area (Å²) in [7, 11) is 0. The molecule has 3 fully saturated rings. The Morgan fingerprint density at radius 3 is 2.27 bits per heavy atom. The first-order valence-corrected chi connectivity index (χ1v) is 12.3. The molecule has 7 heteroatoms. The topological polar surface area (TPSA) is 54.4 Å². The molecule has 3 saturated heterocycles. The van der Waals surface area contributed by atoms with Crippen LogP contribution < -0.4 is 5.32 Å². The minimum absolute atomic E-state index is 0.00553. The van der Waals surface area contributed by atoms with E-state index < -0.39 is 0 Å². The molecule has 1 N–H and O–H groups in total. The van der Waals surface area contributed by atoms with E-state index in [1.807, 2.05) is 4.90 Å². The third-order valence-corrected chi connectivity index (χ3v) is 7.05. The highest BCUT2D eigenvalue weighted by Crippen LogP contribution is 2.19. The van der Waals surface area contributed by atoms with E-state index in [0.717, 1.165) is 71.2 Å². The number of carbonyl (C=O) groups excluding carboxylic acids is 1. The van der Waals surface area contributed by atoms with Gasteiger partial charge in [0, 0.05) is 64.9 Å². The number of nitrogens with zero attached hydrogens (tertiary/aromatic N) is 5. The molecule has 0 aromatic carbocycles. The lowest BCUT2D eigenvalue weighted by atomic mass is 9.97. The molecular formula is C23H44N6O. The highest BCUT2D eigenvalue weighted by atomic mass is 16.2. The van der Waals surface area contributed by atoms with E-state index in [0.29, 0.717) is 17.9 Å². The summed E-state index contributed by atoms with van der Waals surface area (Å²) in [6.45, 7) is 18.6. The Labute approximate surface area is 183 Å². The molecule has 3 aliphatic heterocycles. The van der Waals surface area contributed by atoms with E-state index in [1.165, 1.54) is 25.9 Å². The van der Waals surface area contributed by atoms with Gasteiger partial charge in [0.05, 0.1) is 6.04 Å². The molecule has 0 radical (unpaired) electrons. The molecule has 30 heavy (non-hydrogen) atoms. The third-order valence-electron chi connectivity index (χ3n) is 7.05. The van der Waals surface area contributed by atoms with E-state index in [2.05, 4.69) is 47.7 Å². The van der Waals surface area contributed by atoms with Gasteiger partial charge in [-0.2, -0.15) is 0 Å². The number of amides is 1. The number of nitrogens with one attached hydrogen (secondary N) is 1. The zero-order valence-corrected chi connectivity index (χ0v) is 19.8. The molecular weight excluding hydrogens is 376 g/mol. The third kappa shape index (κ3) is 6.10. The number of likely N-dealkylation sites (tertiary alicyclic amines) is 2. The average molecular weight is 421 g/mol. The minimum Gasteiger partial charge on any atom is -0.357 e. The molecule has 3 rings (SSSR count). The first kappa shape index (κ1) is 23.3. The van der Waals surface area contributed by atoms with Gasteiger partial charge in [-0.3, -0.25) is 14.7 Å². The van der Waals surface area contributed by atoms with Crippen LogP contribution in [0.3, 0.4) is 0 Å². The lowest BCUT2D eigenvalue weighted by Crippen LogP contribution is -2.57. The van der Waals surface area contributed by atoms with Crippen molar-refractivity contribution in [1.82, 2.24) is 24.9 Å². The predicted octanol–water partition coefficient (Wildman–Crippen LogP) is 1.70. The standard InChI is InChI=1S/C23H44N6O/c1-5-24-23(25-17-21-9-8-12-29(18-21)19(2)3)28-15-13-26(14-16-28)20(4)22(30)27-10-6-7-11-27/h19-21H,5-18H2,1-4H3,(H,24,25). The molecule has 0 spiro atoms. The van der Waals surface area contributed by atoms with Crippen LogP contribution in [0.4, 0.5) is 0 Å². The maximum Gasteiger partial charge on any atom is 0.239 e. The fourth-order valence-electron chi connectivity index (χ4n) is 5.04. The van der Waals surface area contributed by atoms with E-state index in [4.69, 9.17) is 4.99 Å². The number of guanidine groups is 1. The van der Waals surface area contributed by atoms with Crippen LogP contribution >= 0.6 is 0 Å². The second kappa shape index (κ2) is 11.3. The fourth-order valence-corrected chi connectivity index (χ4v) is 5.04. The Hall–Kier alpha value is -1.34. The zero-order chi connectivity index (χ0) is 21.5. The number of carbonyl (C=O) groups is 1. The normalized spacial score (nSPS) is 25.8. The maximum absolute atomic E-state index is 12.7. The van der Waals surface area contributed by atoms with Crippen molar-refractivity contribution in [1.29, 1.82) is 0 Å². The van der Waals surface area contributed by atoms with Gasteiger partial charge in [0.2, 0.25) is 5.91 Å². The van der Waals surface area contributed by atoms with Gasteiger partial charge in [0.1, 0.15) is 0 Å². The van der Waals surface area contributed by atoms with Crippen molar-refractivity contribution in [2.45, 2.75) is 65.5 Å². The van der Waals surface area contributed by atoms with Gasteiger partial charge in [0.15, 0.2) is 5.96 Å². The Morgan fingerprint density at radius 2 is 1.63 bits per heavy atom. The number of hydrogen-bond donors (Lipinski definition) is 1. The lowest BCUT2D eigenvalue weighted by molar-refractivity contribution is -0.135. The molecule has 2 unspecified atom stereocenters. The number of rotatable bonds is 6. The van der Waals surface area contributed by atoms with Crippen molar-refractivity contribution in [3.8, 4) is 0 Å². The van der Waals surface area contributed by atoms with E-state index in [9.17, 15) is 4.79 Å². The lowest BCUT2D eigenvalue weighted by Gasteiger charge is -2.40. The van der Waals surface area contributed by atoms with E-state index >= 15 is 0 Å². The largest absolute Gasteiger partial charge is 0.357 e. The van der Waals surface area contributed by atoms with Gasteiger partial charge >= 0.3 is 0 Å². The summed E-state index contributed by atoms with van der Waals surface area (Å²) >= 11 is 0. The number of piperazine rings is 1. The van der Waals surface area contributed by atoms with Gasteiger partial charge in [-0.05, 0) is 65.8 Å². The van der Waals surface area contributed by atoms with Gasteiger partial charge in [0.25, 0.3) is 0 Å². The highest BCUT2D eigenvalue weighted by molar-refractivity contribution is 5.82. The average Bonchev–Trinajstić information content (AvgIpc) is 3.31. The van der Waals surface area contributed by atoms with Crippen LogP contribution in [0.2, 0.25) is 0 Å². The summed E-state index contributed by atoms with van der Waals surface area (Å²) in [4.78, 5) is 27.2.